The highest BCUT2D eigenvalue weighted by molar-refractivity contribution is 5.40. The molecule has 1 aromatic rings. The van der Waals surface area contributed by atoms with Crippen molar-refractivity contribution in [3.8, 4) is 5.75 Å². The molecule has 0 saturated carbocycles. The standard InChI is InChI=1S/C14H21NO/c1-9-5-6-12-10(7-9)11(15)8-13(16-12)14(2,3)4/h5-7,11,13H,8,15H2,1-4H3/t11-,13?/m0/s1. The van der Waals surface area contributed by atoms with Gasteiger partial charge >= 0.3 is 0 Å². The molecule has 88 valence electrons. The van der Waals surface area contributed by atoms with Crippen molar-refractivity contribution in [2.24, 2.45) is 11.1 Å². The normalized spacial score (nSPS) is 24.8. The number of hydrogen-bond donors (Lipinski definition) is 1. The highest BCUT2D eigenvalue weighted by Crippen LogP contribution is 2.39. The van der Waals surface area contributed by atoms with E-state index in [0.717, 1.165) is 17.7 Å². The topological polar surface area (TPSA) is 35.2 Å². The van der Waals surface area contributed by atoms with Crippen LogP contribution < -0.4 is 10.5 Å². The number of aryl methyl sites for hydroxylation is 1. The van der Waals surface area contributed by atoms with Gasteiger partial charge in [-0.2, -0.15) is 0 Å². The third kappa shape index (κ3) is 2.07. The first kappa shape index (κ1) is 11.5. The lowest BCUT2D eigenvalue weighted by Crippen LogP contribution is -2.38. The molecule has 0 radical (unpaired) electrons. The molecule has 2 N–H and O–H groups in total. The van der Waals surface area contributed by atoms with Crippen LogP contribution in [0.4, 0.5) is 0 Å². The van der Waals surface area contributed by atoms with Crippen molar-refractivity contribution in [2.45, 2.75) is 46.3 Å². The molecule has 0 amide bonds. The first-order valence-corrected chi connectivity index (χ1v) is 5.91. The maximum Gasteiger partial charge on any atom is 0.124 e. The highest BCUT2D eigenvalue weighted by atomic mass is 16.5. The summed E-state index contributed by atoms with van der Waals surface area (Å²) in [4.78, 5) is 0. The molecule has 1 aliphatic heterocycles. The van der Waals surface area contributed by atoms with Crippen molar-refractivity contribution in [2.75, 3.05) is 0 Å². The number of hydrogen-bond acceptors (Lipinski definition) is 2. The lowest BCUT2D eigenvalue weighted by molar-refractivity contribution is 0.0581. The predicted octanol–water partition coefficient (Wildman–Crippen LogP) is 3.19. The fraction of sp³-hybridized carbons (Fsp3) is 0.571. The monoisotopic (exact) mass is 219 g/mol. The van der Waals surface area contributed by atoms with Gasteiger partial charge in [-0.3, -0.25) is 0 Å². The average Bonchev–Trinajstić information content (AvgIpc) is 2.17. The summed E-state index contributed by atoms with van der Waals surface area (Å²) in [6.45, 7) is 8.68. The van der Waals surface area contributed by atoms with Crippen LogP contribution in [0.5, 0.6) is 5.75 Å². The van der Waals surface area contributed by atoms with Crippen LogP contribution in [-0.4, -0.2) is 6.10 Å². The smallest absolute Gasteiger partial charge is 0.124 e. The van der Waals surface area contributed by atoms with Gasteiger partial charge in [-0.1, -0.05) is 38.5 Å². The molecule has 1 aromatic carbocycles. The van der Waals surface area contributed by atoms with Gasteiger partial charge in [-0.25, -0.2) is 0 Å². The number of ether oxygens (including phenoxy) is 1. The van der Waals surface area contributed by atoms with Crippen LogP contribution in [-0.2, 0) is 0 Å². The molecule has 16 heavy (non-hydrogen) atoms. The van der Waals surface area contributed by atoms with Crippen molar-refractivity contribution in [1.29, 1.82) is 0 Å². The molecular formula is C14H21NO. The van der Waals surface area contributed by atoms with Crippen LogP contribution in [0.1, 0.15) is 44.4 Å². The molecule has 0 saturated heterocycles. The van der Waals surface area contributed by atoms with Crippen molar-refractivity contribution in [3.63, 3.8) is 0 Å². The fourth-order valence-electron chi connectivity index (χ4n) is 2.15. The Morgan fingerprint density at radius 1 is 1.31 bits per heavy atom. The minimum absolute atomic E-state index is 0.105. The number of rotatable bonds is 0. The van der Waals surface area contributed by atoms with Crippen LogP contribution in [0.25, 0.3) is 0 Å². The SMILES string of the molecule is Cc1ccc2c(c1)[C@@H](N)CC(C(C)(C)C)O2. The minimum atomic E-state index is 0.105. The highest BCUT2D eigenvalue weighted by Gasteiger charge is 2.33. The van der Waals surface area contributed by atoms with E-state index in [1.165, 1.54) is 5.56 Å². The zero-order valence-corrected chi connectivity index (χ0v) is 10.6. The summed E-state index contributed by atoms with van der Waals surface area (Å²) < 4.78 is 6.04. The molecule has 1 aliphatic rings. The molecule has 1 heterocycles. The maximum absolute atomic E-state index is 6.22. The molecule has 2 heteroatoms. The first-order valence-electron chi connectivity index (χ1n) is 5.91. The van der Waals surface area contributed by atoms with Crippen molar-refractivity contribution >= 4 is 0 Å². The van der Waals surface area contributed by atoms with Gasteiger partial charge in [-0.15, -0.1) is 0 Å². The Balaban J connectivity index is 2.34. The van der Waals surface area contributed by atoms with Gasteiger partial charge in [0.25, 0.3) is 0 Å². The molecule has 1 unspecified atom stereocenters. The van der Waals surface area contributed by atoms with Crippen LogP contribution in [0, 0.1) is 12.3 Å². The van der Waals surface area contributed by atoms with Gasteiger partial charge < -0.3 is 10.5 Å². The summed E-state index contributed by atoms with van der Waals surface area (Å²) in [7, 11) is 0. The van der Waals surface area contributed by atoms with E-state index >= 15 is 0 Å². The second-order valence-electron chi connectivity index (χ2n) is 5.86. The van der Waals surface area contributed by atoms with Gasteiger partial charge in [0.1, 0.15) is 11.9 Å². The zero-order valence-electron chi connectivity index (χ0n) is 10.6. The van der Waals surface area contributed by atoms with Gasteiger partial charge in [0.05, 0.1) is 0 Å². The molecule has 0 bridgehead atoms. The van der Waals surface area contributed by atoms with E-state index in [1.54, 1.807) is 0 Å². The van der Waals surface area contributed by atoms with Crippen LogP contribution in [0.3, 0.4) is 0 Å². The summed E-state index contributed by atoms with van der Waals surface area (Å²) in [5.41, 5.74) is 8.76. The third-order valence-corrected chi connectivity index (χ3v) is 3.27. The number of fused-ring (bicyclic) bond motifs is 1. The minimum Gasteiger partial charge on any atom is -0.489 e. The van der Waals surface area contributed by atoms with Crippen LogP contribution in [0.15, 0.2) is 18.2 Å². The predicted molar refractivity (Wildman–Crippen MR) is 66.6 cm³/mol. The lowest BCUT2D eigenvalue weighted by Gasteiger charge is -2.38. The summed E-state index contributed by atoms with van der Waals surface area (Å²) in [5.74, 6) is 0.962. The Labute approximate surface area is 97.8 Å². The average molecular weight is 219 g/mol. The molecule has 0 aliphatic carbocycles. The number of benzene rings is 1. The molecule has 2 nitrogen and oxygen atoms in total. The van der Waals surface area contributed by atoms with Crippen molar-refractivity contribution in [1.82, 2.24) is 0 Å². The largest absolute Gasteiger partial charge is 0.489 e. The molecule has 2 rings (SSSR count). The summed E-state index contributed by atoms with van der Waals surface area (Å²) >= 11 is 0. The van der Waals surface area contributed by atoms with E-state index < -0.39 is 0 Å². The Morgan fingerprint density at radius 3 is 2.62 bits per heavy atom. The summed E-state index contributed by atoms with van der Waals surface area (Å²) in [6.07, 6.45) is 1.11. The molecular weight excluding hydrogens is 198 g/mol. The van der Waals surface area contributed by atoms with E-state index in [9.17, 15) is 0 Å². The maximum atomic E-state index is 6.22. The van der Waals surface area contributed by atoms with Gasteiger partial charge in [0.15, 0.2) is 0 Å². The molecule has 0 aromatic heterocycles. The Kier molecular flexibility index (Phi) is 2.70. The van der Waals surface area contributed by atoms with E-state index in [1.807, 2.05) is 6.07 Å². The van der Waals surface area contributed by atoms with E-state index in [4.69, 9.17) is 10.5 Å². The Hall–Kier alpha value is -1.02. The van der Waals surface area contributed by atoms with E-state index in [2.05, 4.69) is 39.8 Å². The van der Waals surface area contributed by atoms with Crippen LogP contribution >= 0.6 is 0 Å². The fourth-order valence-corrected chi connectivity index (χ4v) is 2.15. The Morgan fingerprint density at radius 2 is 2.00 bits per heavy atom. The summed E-state index contributed by atoms with van der Waals surface area (Å²) in [6, 6.07) is 6.37. The molecule has 0 fully saturated rings. The van der Waals surface area contributed by atoms with Crippen LogP contribution in [0.2, 0.25) is 0 Å². The van der Waals surface area contributed by atoms with Gasteiger partial charge in [0.2, 0.25) is 0 Å². The lowest BCUT2D eigenvalue weighted by atomic mass is 9.82. The molecule has 0 spiro atoms. The van der Waals surface area contributed by atoms with E-state index in [-0.39, 0.29) is 17.6 Å². The van der Waals surface area contributed by atoms with Crippen molar-refractivity contribution < 1.29 is 4.74 Å². The van der Waals surface area contributed by atoms with Gasteiger partial charge in [-0.05, 0) is 18.4 Å². The first-order chi connectivity index (χ1) is 7.38. The zero-order chi connectivity index (χ0) is 11.9. The Bertz CT molecular complexity index is 392. The quantitative estimate of drug-likeness (QED) is 0.727. The second kappa shape index (κ2) is 3.77. The third-order valence-electron chi connectivity index (χ3n) is 3.27. The van der Waals surface area contributed by atoms with Gasteiger partial charge in [0, 0.05) is 18.0 Å². The van der Waals surface area contributed by atoms with E-state index in [0.29, 0.717) is 0 Å². The number of nitrogens with two attached hydrogens (primary N) is 1. The summed E-state index contributed by atoms with van der Waals surface area (Å²) in [5, 5.41) is 0. The van der Waals surface area contributed by atoms with Crippen molar-refractivity contribution in [3.05, 3.63) is 29.3 Å². The second-order valence-corrected chi connectivity index (χ2v) is 5.86. The molecule has 2 atom stereocenters.